The van der Waals surface area contributed by atoms with Crippen molar-refractivity contribution in [2.75, 3.05) is 0 Å². The van der Waals surface area contributed by atoms with Crippen LogP contribution in [0.15, 0.2) is 29.0 Å². The molecule has 2 heterocycles. The summed E-state index contributed by atoms with van der Waals surface area (Å²) in [6.45, 7) is 0. The summed E-state index contributed by atoms with van der Waals surface area (Å²) in [6.07, 6.45) is 1.25. The Morgan fingerprint density at radius 1 is 1.33 bits per heavy atom. The van der Waals surface area contributed by atoms with Gasteiger partial charge in [0.05, 0.1) is 0 Å². The van der Waals surface area contributed by atoms with E-state index in [0.717, 1.165) is 0 Å². The van der Waals surface area contributed by atoms with E-state index in [1.807, 2.05) is 0 Å². The quantitative estimate of drug-likeness (QED) is 0.630. The summed E-state index contributed by atoms with van der Waals surface area (Å²) in [4.78, 5) is 3.98. The minimum Gasteiger partial charge on any atom is -0.422 e. The van der Waals surface area contributed by atoms with E-state index in [0.29, 0.717) is 16.7 Å². The number of halogens is 1. The van der Waals surface area contributed by atoms with Gasteiger partial charge in [-0.05, 0) is 12.1 Å². The Labute approximate surface area is 73.2 Å². The van der Waals surface area contributed by atoms with Gasteiger partial charge < -0.3 is 4.42 Å². The first-order valence-corrected chi connectivity index (χ1v) is 3.63. The zero-order valence-corrected chi connectivity index (χ0v) is 6.69. The minimum atomic E-state index is 0.373. The van der Waals surface area contributed by atoms with Gasteiger partial charge in [-0.3, -0.25) is 0 Å². The summed E-state index contributed by atoms with van der Waals surface area (Å²) in [7, 11) is 0. The third kappa shape index (κ3) is 1.29. The van der Waals surface area contributed by atoms with Gasteiger partial charge in [-0.25, -0.2) is 4.98 Å². The molecule has 0 fully saturated rings. The van der Waals surface area contributed by atoms with E-state index in [4.69, 9.17) is 16.0 Å². The molecule has 0 bridgehead atoms. The molecular formula is C7H4ClN3O. The number of hydrogen-bond acceptors (Lipinski definition) is 4. The molecule has 5 heteroatoms. The van der Waals surface area contributed by atoms with Crippen molar-refractivity contribution in [2.24, 2.45) is 0 Å². The van der Waals surface area contributed by atoms with E-state index in [9.17, 15) is 0 Å². The average molecular weight is 182 g/mol. The Kier molecular flexibility index (Phi) is 1.75. The molecule has 4 nitrogen and oxygen atoms in total. The van der Waals surface area contributed by atoms with Gasteiger partial charge in [0.2, 0.25) is 6.39 Å². The maximum Gasteiger partial charge on any atom is 0.266 e. The van der Waals surface area contributed by atoms with Gasteiger partial charge in [-0.15, -0.1) is 10.2 Å². The van der Waals surface area contributed by atoms with Crippen LogP contribution in [0, 0.1) is 0 Å². The summed E-state index contributed by atoms with van der Waals surface area (Å²) in [5.74, 6) is 0.373. The Morgan fingerprint density at radius 2 is 2.25 bits per heavy atom. The standard InChI is InChI=1S/C7H4ClN3O/c8-6-3-1-2-5(10-6)7-11-9-4-12-7/h1-4H. The normalized spacial score (nSPS) is 10.1. The molecule has 12 heavy (non-hydrogen) atoms. The van der Waals surface area contributed by atoms with E-state index in [1.54, 1.807) is 18.2 Å². The Morgan fingerprint density at radius 3 is 2.92 bits per heavy atom. The maximum atomic E-state index is 5.66. The number of aromatic nitrogens is 3. The summed E-state index contributed by atoms with van der Waals surface area (Å²) >= 11 is 5.66. The third-order valence-corrected chi connectivity index (χ3v) is 1.50. The van der Waals surface area contributed by atoms with Crippen molar-refractivity contribution in [1.82, 2.24) is 15.2 Å². The fraction of sp³-hybridized carbons (Fsp3) is 0. The van der Waals surface area contributed by atoms with Crippen LogP contribution in [0.3, 0.4) is 0 Å². The van der Waals surface area contributed by atoms with Crippen molar-refractivity contribution >= 4 is 11.6 Å². The first-order valence-electron chi connectivity index (χ1n) is 3.25. The highest BCUT2D eigenvalue weighted by molar-refractivity contribution is 6.29. The summed E-state index contributed by atoms with van der Waals surface area (Å²) in [5, 5.41) is 7.63. The molecule has 60 valence electrons. The largest absolute Gasteiger partial charge is 0.422 e. The Bertz CT molecular complexity index is 374. The second-order valence-electron chi connectivity index (χ2n) is 2.09. The minimum absolute atomic E-state index is 0.373. The molecule has 0 N–H and O–H groups in total. The molecule has 0 spiro atoms. The van der Waals surface area contributed by atoms with Crippen LogP contribution in [0.2, 0.25) is 5.15 Å². The van der Waals surface area contributed by atoms with Gasteiger partial charge in [0.1, 0.15) is 10.8 Å². The molecule has 2 rings (SSSR count). The summed E-state index contributed by atoms with van der Waals surface area (Å²) in [6, 6.07) is 5.20. The van der Waals surface area contributed by atoms with Crippen LogP contribution in [-0.4, -0.2) is 15.2 Å². The zero-order chi connectivity index (χ0) is 8.39. The topological polar surface area (TPSA) is 51.8 Å². The molecule has 0 aliphatic rings. The Balaban J connectivity index is 2.48. The predicted octanol–water partition coefficient (Wildman–Crippen LogP) is 1.78. The van der Waals surface area contributed by atoms with Crippen molar-refractivity contribution in [3.63, 3.8) is 0 Å². The van der Waals surface area contributed by atoms with E-state index < -0.39 is 0 Å². The van der Waals surface area contributed by atoms with Crippen molar-refractivity contribution in [2.45, 2.75) is 0 Å². The predicted molar refractivity (Wildman–Crippen MR) is 42.5 cm³/mol. The molecule has 0 atom stereocenters. The van der Waals surface area contributed by atoms with Gasteiger partial charge >= 0.3 is 0 Å². The van der Waals surface area contributed by atoms with Crippen molar-refractivity contribution in [1.29, 1.82) is 0 Å². The number of rotatable bonds is 1. The fourth-order valence-corrected chi connectivity index (χ4v) is 0.976. The van der Waals surface area contributed by atoms with Crippen LogP contribution in [0.5, 0.6) is 0 Å². The lowest BCUT2D eigenvalue weighted by molar-refractivity contribution is 0.566. The molecular weight excluding hydrogens is 178 g/mol. The van der Waals surface area contributed by atoms with Gasteiger partial charge in [0.25, 0.3) is 5.89 Å². The van der Waals surface area contributed by atoms with Gasteiger partial charge in [-0.2, -0.15) is 0 Å². The SMILES string of the molecule is Clc1cccc(-c2nnco2)n1. The van der Waals surface area contributed by atoms with Gasteiger partial charge in [-0.1, -0.05) is 17.7 Å². The van der Waals surface area contributed by atoms with E-state index in [-0.39, 0.29) is 0 Å². The number of nitrogens with zero attached hydrogens (tertiary/aromatic N) is 3. The average Bonchev–Trinajstić information content (AvgIpc) is 2.56. The first-order chi connectivity index (χ1) is 5.86. The van der Waals surface area contributed by atoms with Crippen LogP contribution in [0.25, 0.3) is 11.6 Å². The molecule has 0 aliphatic carbocycles. The van der Waals surface area contributed by atoms with Crippen LogP contribution >= 0.6 is 11.6 Å². The highest BCUT2D eigenvalue weighted by Crippen LogP contribution is 2.15. The van der Waals surface area contributed by atoms with Crippen LogP contribution < -0.4 is 0 Å². The highest BCUT2D eigenvalue weighted by atomic mass is 35.5. The lowest BCUT2D eigenvalue weighted by Gasteiger charge is -1.92. The molecule has 0 aromatic carbocycles. The fourth-order valence-electron chi connectivity index (χ4n) is 0.812. The smallest absolute Gasteiger partial charge is 0.266 e. The van der Waals surface area contributed by atoms with Crippen LogP contribution in [0.4, 0.5) is 0 Å². The van der Waals surface area contributed by atoms with Gasteiger partial charge in [0.15, 0.2) is 0 Å². The molecule has 2 aromatic rings. The van der Waals surface area contributed by atoms with Crippen molar-refractivity contribution in [3.8, 4) is 11.6 Å². The number of pyridine rings is 1. The van der Waals surface area contributed by atoms with Gasteiger partial charge in [0, 0.05) is 0 Å². The molecule has 0 saturated heterocycles. The molecule has 0 unspecified atom stereocenters. The second kappa shape index (κ2) is 2.91. The van der Waals surface area contributed by atoms with E-state index >= 15 is 0 Å². The van der Waals surface area contributed by atoms with E-state index in [2.05, 4.69) is 15.2 Å². The molecule has 0 saturated carbocycles. The van der Waals surface area contributed by atoms with Crippen molar-refractivity contribution in [3.05, 3.63) is 29.7 Å². The highest BCUT2D eigenvalue weighted by Gasteiger charge is 2.03. The monoisotopic (exact) mass is 181 g/mol. The molecule has 0 amide bonds. The van der Waals surface area contributed by atoms with E-state index in [1.165, 1.54) is 6.39 Å². The zero-order valence-electron chi connectivity index (χ0n) is 5.94. The Hall–Kier alpha value is -1.42. The van der Waals surface area contributed by atoms with Crippen LogP contribution in [-0.2, 0) is 0 Å². The molecule has 2 aromatic heterocycles. The lowest BCUT2D eigenvalue weighted by atomic mass is 10.3. The molecule has 0 radical (unpaired) electrons. The summed E-state index contributed by atoms with van der Waals surface area (Å²) < 4.78 is 4.93. The maximum absolute atomic E-state index is 5.66. The van der Waals surface area contributed by atoms with Crippen LogP contribution in [0.1, 0.15) is 0 Å². The summed E-state index contributed by atoms with van der Waals surface area (Å²) in [5.41, 5.74) is 0.583. The molecule has 0 aliphatic heterocycles. The third-order valence-electron chi connectivity index (χ3n) is 1.29. The lowest BCUT2D eigenvalue weighted by Crippen LogP contribution is -1.82. The second-order valence-corrected chi connectivity index (χ2v) is 2.48. The number of hydrogen-bond donors (Lipinski definition) is 0. The first kappa shape index (κ1) is 7.24. The van der Waals surface area contributed by atoms with Crippen molar-refractivity contribution < 1.29 is 4.42 Å².